The average Bonchev–Trinajstić information content (AvgIpc) is 2.74. The Morgan fingerprint density at radius 1 is 1.17 bits per heavy atom. The number of carbonyl (C=O) groups excluding carboxylic acids is 3. The van der Waals surface area contributed by atoms with Gasteiger partial charge in [-0.15, -0.1) is 0 Å². The molecule has 2 aromatic carbocycles. The molecule has 0 saturated carbocycles. The number of rotatable bonds is 8. The van der Waals surface area contributed by atoms with Crippen molar-refractivity contribution in [3.8, 4) is 5.75 Å². The lowest BCUT2D eigenvalue weighted by Crippen LogP contribution is -2.33. The minimum absolute atomic E-state index is 0.0318. The van der Waals surface area contributed by atoms with Gasteiger partial charge in [0.15, 0.2) is 0 Å². The largest absolute Gasteiger partial charge is 0.508 e. The lowest BCUT2D eigenvalue weighted by Gasteiger charge is -2.25. The molecule has 30 heavy (non-hydrogen) atoms. The molecule has 0 aliphatic carbocycles. The van der Waals surface area contributed by atoms with E-state index < -0.39 is 24.1 Å². The van der Waals surface area contributed by atoms with Crippen LogP contribution in [0.15, 0.2) is 48.5 Å². The molecule has 160 valence electrons. The van der Waals surface area contributed by atoms with Crippen molar-refractivity contribution < 1.29 is 29.0 Å². The summed E-state index contributed by atoms with van der Waals surface area (Å²) in [6.07, 6.45) is -1.43. The molecule has 0 bridgehead atoms. The molecule has 0 fully saturated rings. The first-order valence-electron chi connectivity index (χ1n) is 9.13. The first-order valence-corrected chi connectivity index (χ1v) is 10.8. The maximum absolute atomic E-state index is 12.4. The molecular formula is C21H22INO6S. The van der Waals surface area contributed by atoms with Gasteiger partial charge in [-0.25, -0.2) is 4.79 Å². The predicted molar refractivity (Wildman–Crippen MR) is 123 cm³/mol. The monoisotopic (exact) mass is 543 g/mol. The molecule has 0 radical (unpaired) electrons. The molecule has 0 aliphatic heterocycles. The number of phenolic OH excluding ortho intramolecular Hbond substituents is 1. The van der Waals surface area contributed by atoms with E-state index in [0.29, 0.717) is 17.5 Å². The van der Waals surface area contributed by atoms with Crippen LogP contribution in [0.2, 0.25) is 0 Å². The van der Waals surface area contributed by atoms with Crippen LogP contribution in [0.25, 0.3) is 0 Å². The van der Waals surface area contributed by atoms with Gasteiger partial charge in [0.1, 0.15) is 11.9 Å². The highest BCUT2D eigenvalue weighted by Gasteiger charge is 2.27. The predicted octanol–water partition coefficient (Wildman–Crippen LogP) is 4.10. The van der Waals surface area contributed by atoms with Crippen LogP contribution < -0.4 is 5.32 Å². The van der Waals surface area contributed by atoms with Crippen molar-refractivity contribution in [2.24, 2.45) is 5.92 Å². The van der Waals surface area contributed by atoms with Crippen molar-refractivity contribution >= 4 is 53.2 Å². The van der Waals surface area contributed by atoms with Crippen molar-refractivity contribution in [1.82, 2.24) is 5.32 Å². The molecule has 0 spiro atoms. The number of thiol groups is 1. The summed E-state index contributed by atoms with van der Waals surface area (Å²) in [4.78, 5) is 35.9. The second-order valence-electron chi connectivity index (χ2n) is 6.49. The summed E-state index contributed by atoms with van der Waals surface area (Å²) < 4.78 is 11.4. The number of phenols is 1. The second-order valence-corrected chi connectivity index (χ2v) is 8.06. The zero-order chi connectivity index (χ0) is 22.1. The SMILES string of the molecule is C[C@@H](CCOC(=O)CS)[C@@H](OC(=O)NC(=O)c1ccccc1)c1cc(I)ccc1O. The third-order valence-electron chi connectivity index (χ3n) is 4.26. The van der Waals surface area contributed by atoms with E-state index in [0.717, 1.165) is 3.57 Å². The van der Waals surface area contributed by atoms with Crippen LogP contribution in [0.1, 0.15) is 35.4 Å². The lowest BCUT2D eigenvalue weighted by molar-refractivity contribution is -0.141. The van der Waals surface area contributed by atoms with Gasteiger partial charge in [-0.05, 0) is 59.3 Å². The standard InChI is InChI=1S/C21H22INO6S/c1-13(9-10-28-18(25)12-30)19(16-11-15(22)7-8-17(16)24)29-21(27)23-20(26)14-5-3-2-4-6-14/h2-8,11,13,19,24,30H,9-10,12H2,1H3,(H,23,26,27)/t13-,19+/m0/s1. The Bertz CT molecular complexity index is 892. The lowest BCUT2D eigenvalue weighted by atomic mass is 9.94. The molecule has 0 aromatic heterocycles. The zero-order valence-electron chi connectivity index (χ0n) is 16.2. The molecule has 0 saturated heterocycles. The second kappa shape index (κ2) is 11.8. The van der Waals surface area contributed by atoms with Gasteiger partial charge in [0.25, 0.3) is 5.91 Å². The van der Waals surface area contributed by atoms with Gasteiger partial charge < -0.3 is 14.6 Å². The van der Waals surface area contributed by atoms with Gasteiger partial charge >= 0.3 is 12.1 Å². The third kappa shape index (κ3) is 7.21. The van der Waals surface area contributed by atoms with Gasteiger partial charge in [0.2, 0.25) is 0 Å². The topological polar surface area (TPSA) is 102 Å². The Hall–Kier alpha value is -2.27. The number of amides is 2. The molecule has 2 amide bonds. The molecule has 9 heteroatoms. The molecule has 2 N–H and O–H groups in total. The molecule has 7 nitrogen and oxygen atoms in total. The Labute approximate surface area is 193 Å². The normalized spacial score (nSPS) is 12.5. The number of hydrogen-bond acceptors (Lipinski definition) is 7. The van der Waals surface area contributed by atoms with Gasteiger partial charge in [-0.2, -0.15) is 12.6 Å². The highest BCUT2D eigenvalue weighted by molar-refractivity contribution is 14.1. The Balaban J connectivity index is 2.14. The van der Waals surface area contributed by atoms with E-state index in [1.165, 1.54) is 6.07 Å². The van der Waals surface area contributed by atoms with E-state index in [4.69, 9.17) is 9.47 Å². The number of hydrogen-bond donors (Lipinski definition) is 3. The number of nitrogens with one attached hydrogen (secondary N) is 1. The summed E-state index contributed by atoms with van der Waals surface area (Å²) in [7, 11) is 0. The number of alkyl carbamates (subject to hydrolysis) is 1. The van der Waals surface area contributed by atoms with E-state index in [-0.39, 0.29) is 24.0 Å². The van der Waals surface area contributed by atoms with Crippen molar-refractivity contribution in [3.05, 3.63) is 63.2 Å². The number of benzene rings is 2. The maximum atomic E-state index is 12.4. The fourth-order valence-corrected chi connectivity index (χ4v) is 3.30. The maximum Gasteiger partial charge on any atom is 0.414 e. The Morgan fingerprint density at radius 2 is 1.87 bits per heavy atom. The molecule has 0 unspecified atom stereocenters. The van der Waals surface area contributed by atoms with Crippen LogP contribution >= 0.6 is 35.2 Å². The zero-order valence-corrected chi connectivity index (χ0v) is 19.3. The van der Waals surface area contributed by atoms with Crippen LogP contribution in [-0.4, -0.2) is 35.4 Å². The minimum Gasteiger partial charge on any atom is -0.508 e. The first kappa shape index (κ1) is 24.0. The number of ether oxygens (including phenoxy) is 2. The first-order chi connectivity index (χ1) is 14.3. The highest BCUT2D eigenvalue weighted by atomic mass is 127. The van der Waals surface area contributed by atoms with E-state index in [1.807, 2.05) is 0 Å². The van der Waals surface area contributed by atoms with Gasteiger partial charge in [0.05, 0.1) is 12.4 Å². The summed E-state index contributed by atoms with van der Waals surface area (Å²) in [5.41, 5.74) is 0.715. The minimum atomic E-state index is -0.939. The van der Waals surface area contributed by atoms with E-state index >= 15 is 0 Å². The average molecular weight is 543 g/mol. The third-order valence-corrected chi connectivity index (χ3v) is 5.19. The summed E-state index contributed by atoms with van der Waals surface area (Å²) in [5.74, 6) is -1.44. The van der Waals surface area contributed by atoms with Crippen LogP contribution in [0.5, 0.6) is 5.75 Å². The molecule has 0 heterocycles. The van der Waals surface area contributed by atoms with E-state index in [2.05, 4.69) is 40.5 Å². The van der Waals surface area contributed by atoms with Crippen LogP contribution in [0, 0.1) is 9.49 Å². The van der Waals surface area contributed by atoms with Crippen molar-refractivity contribution in [2.45, 2.75) is 19.4 Å². The molecular weight excluding hydrogens is 521 g/mol. The fraction of sp³-hybridized carbons (Fsp3) is 0.286. The van der Waals surface area contributed by atoms with Gasteiger partial charge in [0, 0.05) is 20.6 Å². The number of aromatic hydroxyl groups is 1. The molecule has 2 atom stereocenters. The molecule has 2 aromatic rings. The van der Waals surface area contributed by atoms with Gasteiger partial charge in [-0.1, -0.05) is 25.1 Å². The molecule has 0 aliphatic rings. The summed E-state index contributed by atoms with van der Waals surface area (Å²) >= 11 is 5.94. The van der Waals surface area contributed by atoms with Crippen LogP contribution in [0.4, 0.5) is 4.79 Å². The number of esters is 1. The number of halogens is 1. The van der Waals surface area contributed by atoms with Crippen molar-refractivity contribution in [3.63, 3.8) is 0 Å². The summed E-state index contributed by atoms with van der Waals surface area (Å²) in [6, 6.07) is 13.2. The van der Waals surface area contributed by atoms with Crippen molar-refractivity contribution in [2.75, 3.05) is 12.4 Å². The number of imide groups is 1. The summed E-state index contributed by atoms with van der Waals surface area (Å²) in [5, 5.41) is 12.5. The van der Waals surface area contributed by atoms with Crippen LogP contribution in [-0.2, 0) is 14.3 Å². The number of carbonyl (C=O) groups is 3. The smallest absolute Gasteiger partial charge is 0.414 e. The summed E-state index contributed by atoms with van der Waals surface area (Å²) in [6.45, 7) is 1.90. The van der Waals surface area contributed by atoms with E-state index in [9.17, 15) is 19.5 Å². The Morgan fingerprint density at radius 3 is 2.53 bits per heavy atom. The van der Waals surface area contributed by atoms with Gasteiger partial charge in [-0.3, -0.25) is 14.9 Å². The Kier molecular flexibility index (Phi) is 9.44. The quantitative estimate of drug-likeness (QED) is 0.263. The van der Waals surface area contributed by atoms with Crippen molar-refractivity contribution in [1.29, 1.82) is 0 Å². The molecule has 2 rings (SSSR count). The fourth-order valence-electron chi connectivity index (χ4n) is 2.69. The van der Waals surface area contributed by atoms with Crippen LogP contribution in [0.3, 0.4) is 0 Å². The van der Waals surface area contributed by atoms with E-state index in [1.54, 1.807) is 49.4 Å². The highest BCUT2D eigenvalue weighted by Crippen LogP contribution is 2.35.